The van der Waals surface area contributed by atoms with E-state index in [-0.39, 0.29) is 0 Å². The number of hydrogen-bond acceptors (Lipinski definition) is 1. The third-order valence-corrected chi connectivity index (χ3v) is 2.36. The lowest BCUT2D eigenvalue weighted by molar-refractivity contribution is 1.26. The summed E-state index contributed by atoms with van der Waals surface area (Å²) >= 11 is 9.30. The zero-order chi connectivity index (χ0) is 10.6. The van der Waals surface area contributed by atoms with E-state index >= 15 is 0 Å². The molecule has 0 saturated carbocycles. The molecule has 0 bridgehead atoms. The Balaban J connectivity index is 2.63. The van der Waals surface area contributed by atoms with Crippen LogP contribution in [0.2, 0.25) is 5.02 Å². The monoisotopic (exact) mass is 273 g/mol. The van der Waals surface area contributed by atoms with E-state index in [2.05, 4.69) is 41.2 Å². The third-order valence-electron chi connectivity index (χ3n) is 1.68. The predicted octanol–water partition coefficient (Wildman–Crippen LogP) is 4.48. The minimum atomic E-state index is 0.735. The largest absolute Gasteiger partial charge is 0.381 e. The van der Waals surface area contributed by atoms with Crippen molar-refractivity contribution in [2.45, 2.75) is 13.8 Å². The molecule has 0 aliphatic rings. The van der Waals surface area contributed by atoms with E-state index < -0.39 is 0 Å². The Hall–Kier alpha value is -0.470. The van der Waals surface area contributed by atoms with Gasteiger partial charge >= 0.3 is 0 Å². The molecule has 0 amide bonds. The third kappa shape index (κ3) is 4.16. The molecule has 14 heavy (non-hydrogen) atoms. The summed E-state index contributed by atoms with van der Waals surface area (Å²) in [6.45, 7) is 4.99. The van der Waals surface area contributed by atoms with Gasteiger partial charge in [-0.15, -0.1) is 0 Å². The Morgan fingerprint density at radius 2 is 2.14 bits per heavy atom. The highest BCUT2D eigenvalue weighted by Gasteiger charge is 1.95. The molecule has 0 aliphatic carbocycles. The standard InChI is InChI=1S/C11H13BrClN/c1-8(2)3-4-14-11-6-9(12)5-10(13)7-11/h3,5-7,14H,4H2,1-2H3. The van der Waals surface area contributed by atoms with Gasteiger partial charge in [-0.05, 0) is 32.0 Å². The van der Waals surface area contributed by atoms with Gasteiger partial charge in [0.15, 0.2) is 0 Å². The van der Waals surface area contributed by atoms with Gasteiger partial charge in [-0.2, -0.15) is 0 Å². The van der Waals surface area contributed by atoms with Gasteiger partial charge in [0.05, 0.1) is 0 Å². The summed E-state index contributed by atoms with van der Waals surface area (Å²) in [4.78, 5) is 0. The minimum Gasteiger partial charge on any atom is -0.381 e. The lowest BCUT2D eigenvalue weighted by atomic mass is 10.3. The van der Waals surface area contributed by atoms with Crippen LogP contribution in [0.25, 0.3) is 0 Å². The van der Waals surface area contributed by atoms with E-state index in [1.807, 2.05) is 18.2 Å². The van der Waals surface area contributed by atoms with Crippen molar-refractivity contribution in [3.05, 3.63) is 39.3 Å². The van der Waals surface area contributed by atoms with Crippen molar-refractivity contribution < 1.29 is 0 Å². The van der Waals surface area contributed by atoms with Crippen molar-refractivity contribution in [2.24, 2.45) is 0 Å². The quantitative estimate of drug-likeness (QED) is 0.801. The highest BCUT2D eigenvalue weighted by Crippen LogP contribution is 2.22. The fourth-order valence-corrected chi connectivity index (χ4v) is 1.89. The molecule has 0 fully saturated rings. The topological polar surface area (TPSA) is 12.0 Å². The van der Waals surface area contributed by atoms with Gasteiger partial charge in [0.25, 0.3) is 0 Å². The van der Waals surface area contributed by atoms with Gasteiger partial charge in [-0.1, -0.05) is 39.2 Å². The molecule has 0 atom stereocenters. The van der Waals surface area contributed by atoms with E-state index in [1.165, 1.54) is 5.57 Å². The number of halogens is 2. The number of rotatable bonds is 3. The summed E-state index contributed by atoms with van der Waals surface area (Å²) in [5, 5.41) is 4.00. The van der Waals surface area contributed by atoms with Crippen LogP contribution in [0.15, 0.2) is 34.3 Å². The average Bonchev–Trinajstić information content (AvgIpc) is 2.01. The molecule has 76 valence electrons. The number of anilines is 1. The summed E-state index contributed by atoms with van der Waals surface area (Å²) in [7, 11) is 0. The Labute approximate surface area is 98.3 Å². The Morgan fingerprint density at radius 3 is 2.71 bits per heavy atom. The molecule has 0 aliphatic heterocycles. The molecule has 0 heterocycles. The molecule has 1 rings (SSSR count). The number of allylic oxidation sites excluding steroid dienone is 1. The van der Waals surface area contributed by atoms with E-state index in [4.69, 9.17) is 11.6 Å². The Morgan fingerprint density at radius 1 is 1.43 bits per heavy atom. The van der Waals surface area contributed by atoms with Crippen LogP contribution in [-0.4, -0.2) is 6.54 Å². The second kappa shape index (κ2) is 5.42. The van der Waals surface area contributed by atoms with Crippen LogP contribution in [0.1, 0.15) is 13.8 Å². The maximum absolute atomic E-state index is 5.91. The molecule has 1 aromatic rings. The number of benzene rings is 1. The molecule has 0 aromatic heterocycles. The predicted molar refractivity (Wildman–Crippen MR) is 67.1 cm³/mol. The molecule has 0 spiro atoms. The highest BCUT2D eigenvalue weighted by molar-refractivity contribution is 9.10. The molecule has 3 heteroatoms. The summed E-state index contributed by atoms with van der Waals surface area (Å²) in [6.07, 6.45) is 2.13. The fourth-order valence-electron chi connectivity index (χ4n) is 1.03. The van der Waals surface area contributed by atoms with Crippen LogP contribution in [0.5, 0.6) is 0 Å². The lowest BCUT2D eigenvalue weighted by Crippen LogP contribution is -1.98. The molecule has 0 radical (unpaired) electrons. The Kier molecular flexibility index (Phi) is 4.49. The zero-order valence-corrected chi connectivity index (χ0v) is 10.6. The summed E-state index contributed by atoms with van der Waals surface area (Å²) in [6, 6.07) is 5.78. The first-order valence-electron chi connectivity index (χ1n) is 4.41. The first-order chi connectivity index (χ1) is 6.58. The molecule has 0 saturated heterocycles. The maximum atomic E-state index is 5.91. The number of nitrogens with one attached hydrogen (secondary N) is 1. The average molecular weight is 275 g/mol. The van der Waals surface area contributed by atoms with E-state index in [9.17, 15) is 0 Å². The van der Waals surface area contributed by atoms with Crippen LogP contribution < -0.4 is 5.32 Å². The summed E-state index contributed by atoms with van der Waals surface area (Å²) < 4.78 is 0.990. The van der Waals surface area contributed by atoms with E-state index in [0.29, 0.717) is 0 Å². The zero-order valence-electron chi connectivity index (χ0n) is 8.27. The van der Waals surface area contributed by atoms with Gasteiger partial charge in [0.1, 0.15) is 0 Å². The normalized spacial score (nSPS) is 9.71. The van der Waals surface area contributed by atoms with Crippen LogP contribution in [0.3, 0.4) is 0 Å². The van der Waals surface area contributed by atoms with Crippen molar-refractivity contribution in [2.75, 3.05) is 11.9 Å². The maximum Gasteiger partial charge on any atom is 0.0437 e. The van der Waals surface area contributed by atoms with Gasteiger partial charge in [0.2, 0.25) is 0 Å². The summed E-state index contributed by atoms with van der Waals surface area (Å²) in [5.74, 6) is 0. The van der Waals surface area contributed by atoms with Gasteiger partial charge in [-0.25, -0.2) is 0 Å². The van der Waals surface area contributed by atoms with E-state index in [1.54, 1.807) is 0 Å². The molecule has 1 aromatic carbocycles. The van der Waals surface area contributed by atoms with Crippen molar-refractivity contribution in [1.29, 1.82) is 0 Å². The first-order valence-corrected chi connectivity index (χ1v) is 5.58. The molecule has 1 nitrogen and oxygen atoms in total. The van der Waals surface area contributed by atoms with Gasteiger partial charge < -0.3 is 5.32 Å². The first kappa shape index (κ1) is 11.6. The SMILES string of the molecule is CC(C)=CCNc1cc(Cl)cc(Br)c1. The number of hydrogen-bond donors (Lipinski definition) is 1. The van der Waals surface area contributed by atoms with Crippen LogP contribution in [0.4, 0.5) is 5.69 Å². The van der Waals surface area contributed by atoms with E-state index in [0.717, 1.165) is 21.7 Å². The molecule has 0 unspecified atom stereocenters. The fraction of sp³-hybridized carbons (Fsp3) is 0.273. The van der Waals surface area contributed by atoms with Crippen molar-refractivity contribution in [3.8, 4) is 0 Å². The minimum absolute atomic E-state index is 0.735. The highest BCUT2D eigenvalue weighted by atomic mass is 79.9. The van der Waals surface area contributed by atoms with Crippen molar-refractivity contribution in [3.63, 3.8) is 0 Å². The van der Waals surface area contributed by atoms with Crippen LogP contribution in [-0.2, 0) is 0 Å². The van der Waals surface area contributed by atoms with Crippen molar-refractivity contribution in [1.82, 2.24) is 0 Å². The van der Waals surface area contributed by atoms with Crippen LogP contribution in [0, 0.1) is 0 Å². The van der Waals surface area contributed by atoms with Gasteiger partial charge in [-0.3, -0.25) is 0 Å². The smallest absolute Gasteiger partial charge is 0.0437 e. The van der Waals surface area contributed by atoms with Crippen LogP contribution >= 0.6 is 27.5 Å². The lowest BCUT2D eigenvalue weighted by Gasteiger charge is -2.05. The molecular formula is C11H13BrClN. The second-order valence-corrected chi connectivity index (χ2v) is 4.67. The summed E-state index contributed by atoms with van der Waals surface area (Å²) in [5.41, 5.74) is 2.33. The molecule has 1 N–H and O–H groups in total. The van der Waals surface area contributed by atoms with Crippen molar-refractivity contribution >= 4 is 33.2 Å². The Bertz CT molecular complexity index is 323. The molecular weight excluding hydrogens is 261 g/mol. The van der Waals surface area contributed by atoms with Gasteiger partial charge in [0, 0.05) is 21.7 Å². The second-order valence-electron chi connectivity index (χ2n) is 3.32.